The van der Waals surface area contributed by atoms with Crippen LogP contribution in [0.25, 0.3) is 16.8 Å². The van der Waals surface area contributed by atoms with Crippen LogP contribution < -0.4 is 5.73 Å². The zero-order valence-electron chi connectivity index (χ0n) is 12.2. The minimum atomic E-state index is 0.642. The summed E-state index contributed by atoms with van der Waals surface area (Å²) in [6.07, 6.45) is 4.83. The lowest BCUT2D eigenvalue weighted by Gasteiger charge is -2.09. The molecule has 0 bridgehead atoms. The summed E-state index contributed by atoms with van der Waals surface area (Å²) in [5.74, 6) is 0. The molecule has 0 fully saturated rings. The van der Waals surface area contributed by atoms with Gasteiger partial charge in [0.25, 0.3) is 0 Å². The molecule has 3 heteroatoms. The van der Waals surface area contributed by atoms with Gasteiger partial charge in [-0.2, -0.15) is 5.10 Å². The van der Waals surface area contributed by atoms with Gasteiger partial charge >= 0.3 is 0 Å². The lowest BCUT2D eigenvalue weighted by atomic mass is 10.1. The average Bonchev–Trinajstić information content (AvgIpc) is 2.98. The molecule has 0 aliphatic heterocycles. The van der Waals surface area contributed by atoms with E-state index >= 15 is 0 Å². The van der Waals surface area contributed by atoms with Crippen LogP contribution in [0.5, 0.6) is 0 Å². The molecule has 0 radical (unpaired) electrons. The Morgan fingerprint density at radius 3 is 2.62 bits per heavy atom. The number of rotatable bonds is 4. The average molecular weight is 277 g/mol. The summed E-state index contributed by atoms with van der Waals surface area (Å²) in [6.45, 7) is 2.74. The predicted molar refractivity (Wildman–Crippen MR) is 86.5 cm³/mol. The Morgan fingerprint density at radius 1 is 1.05 bits per heavy atom. The molecule has 1 heterocycles. The van der Waals surface area contributed by atoms with E-state index in [4.69, 9.17) is 5.73 Å². The van der Waals surface area contributed by atoms with Gasteiger partial charge in [0.05, 0.1) is 11.9 Å². The van der Waals surface area contributed by atoms with E-state index in [0.717, 1.165) is 17.7 Å². The summed E-state index contributed by atoms with van der Waals surface area (Å²) in [7, 11) is 0. The van der Waals surface area contributed by atoms with E-state index in [0.29, 0.717) is 6.54 Å². The van der Waals surface area contributed by atoms with Crippen molar-refractivity contribution in [3.63, 3.8) is 0 Å². The number of nitrogens with two attached hydrogens (primary N) is 1. The Hall–Kier alpha value is -2.39. The molecule has 0 unspecified atom stereocenters. The molecule has 3 nitrogen and oxygen atoms in total. The van der Waals surface area contributed by atoms with Crippen LogP contribution in [0, 0.1) is 6.92 Å². The molecule has 0 spiro atoms. The van der Waals surface area contributed by atoms with Crippen LogP contribution >= 0.6 is 0 Å². The molecule has 0 saturated heterocycles. The van der Waals surface area contributed by atoms with Crippen LogP contribution in [0.3, 0.4) is 0 Å². The Kier molecular flexibility index (Phi) is 3.84. The molecule has 2 N–H and O–H groups in total. The van der Waals surface area contributed by atoms with E-state index in [9.17, 15) is 0 Å². The second kappa shape index (κ2) is 5.94. The summed E-state index contributed by atoms with van der Waals surface area (Å²) < 4.78 is 1.94. The molecule has 1 aromatic heterocycles. The van der Waals surface area contributed by atoms with Crippen LogP contribution in [0.2, 0.25) is 0 Å². The number of aromatic nitrogens is 2. The number of benzene rings is 2. The van der Waals surface area contributed by atoms with Crippen LogP contribution in [-0.2, 0) is 6.42 Å². The summed E-state index contributed by atoms with van der Waals surface area (Å²) >= 11 is 0. The molecule has 2 aromatic carbocycles. The van der Waals surface area contributed by atoms with Gasteiger partial charge in [0, 0.05) is 11.8 Å². The minimum Gasteiger partial charge on any atom is -0.330 e. The van der Waals surface area contributed by atoms with Crippen molar-refractivity contribution in [3.05, 3.63) is 72.1 Å². The maximum atomic E-state index is 5.72. The van der Waals surface area contributed by atoms with E-state index in [-0.39, 0.29) is 0 Å². The minimum absolute atomic E-state index is 0.642. The molecular weight excluding hydrogens is 258 g/mol. The Labute approximate surface area is 125 Å². The van der Waals surface area contributed by atoms with E-state index in [1.807, 2.05) is 29.1 Å². The third-order valence-corrected chi connectivity index (χ3v) is 3.59. The molecule has 0 aliphatic rings. The van der Waals surface area contributed by atoms with Crippen LogP contribution in [0.4, 0.5) is 0 Å². The van der Waals surface area contributed by atoms with Crippen molar-refractivity contribution >= 4 is 0 Å². The molecular formula is C18H19N3. The van der Waals surface area contributed by atoms with Crippen LogP contribution in [0.1, 0.15) is 11.1 Å². The number of hydrogen-bond acceptors (Lipinski definition) is 2. The Balaban J connectivity index is 2.00. The molecule has 0 aliphatic carbocycles. The number of nitrogens with zero attached hydrogens (tertiary/aromatic N) is 2. The number of hydrogen-bond donors (Lipinski definition) is 1. The quantitative estimate of drug-likeness (QED) is 0.794. The first-order valence-electron chi connectivity index (χ1n) is 7.18. The molecule has 0 saturated carbocycles. The highest BCUT2D eigenvalue weighted by Crippen LogP contribution is 2.22. The third-order valence-electron chi connectivity index (χ3n) is 3.59. The summed E-state index contributed by atoms with van der Waals surface area (Å²) in [5, 5.41) is 4.51. The highest BCUT2D eigenvalue weighted by Gasteiger charge is 2.07. The maximum Gasteiger partial charge on any atom is 0.0678 e. The van der Waals surface area contributed by atoms with E-state index in [2.05, 4.69) is 48.6 Å². The van der Waals surface area contributed by atoms with Crippen molar-refractivity contribution in [1.29, 1.82) is 0 Å². The third kappa shape index (κ3) is 2.88. The second-order valence-corrected chi connectivity index (χ2v) is 5.21. The van der Waals surface area contributed by atoms with Gasteiger partial charge in [-0.05, 0) is 37.1 Å². The summed E-state index contributed by atoms with van der Waals surface area (Å²) in [4.78, 5) is 0. The van der Waals surface area contributed by atoms with Crippen molar-refractivity contribution in [2.24, 2.45) is 5.73 Å². The zero-order valence-corrected chi connectivity index (χ0v) is 12.2. The van der Waals surface area contributed by atoms with Gasteiger partial charge in [0.2, 0.25) is 0 Å². The van der Waals surface area contributed by atoms with E-state index < -0.39 is 0 Å². The summed E-state index contributed by atoms with van der Waals surface area (Å²) in [5.41, 5.74) is 11.6. The van der Waals surface area contributed by atoms with Gasteiger partial charge in [0.15, 0.2) is 0 Å². The van der Waals surface area contributed by atoms with Crippen molar-refractivity contribution < 1.29 is 0 Å². The van der Waals surface area contributed by atoms with Crippen LogP contribution in [-0.4, -0.2) is 16.3 Å². The molecule has 3 aromatic rings. The van der Waals surface area contributed by atoms with Gasteiger partial charge in [0.1, 0.15) is 0 Å². The first-order valence-corrected chi connectivity index (χ1v) is 7.18. The molecule has 0 amide bonds. The topological polar surface area (TPSA) is 43.8 Å². The molecule has 21 heavy (non-hydrogen) atoms. The largest absolute Gasteiger partial charge is 0.330 e. The van der Waals surface area contributed by atoms with Crippen molar-refractivity contribution in [3.8, 4) is 16.8 Å². The molecule has 3 rings (SSSR count). The monoisotopic (exact) mass is 277 g/mol. The summed E-state index contributed by atoms with van der Waals surface area (Å²) in [6, 6.07) is 16.7. The lowest BCUT2D eigenvalue weighted by Crippen LogP contribution is -2.07. The zero-order chi connectivity index (χ0) is 14.7. The smallest absolute Gasteiger partial charge is 0.0678 e. The second-order valence-electron chi connectivity index (χ2n) is 5.21. The van der Waals surface area contributed by atoms with E-state index in [1.165, 1.54) is 16.7 Å². The van der Waals surface area contributed by atoms with Gasteiger partial charge in [-0.3, -0.25) is 0 Å². The van der Waals surface area contributed by atoms with Crippen LogP contribution in [0.15, 0.2) is 60.9 Å². The van der Waals surface area contributed by atoms with Gasteiger partial charge < -0.3 is 5.73 Å². The van der Waals surface area contributed by atoms with E-state index in [1.54, 1.807) is 0 Å². The number of aryl methyl sites for hydroxylation is 1. The first-order chi connectivity index (χ1) is 10.3. The molecule has 0 atom stereocenters. The van der Waals surface area contributed by atoms with Crippen molar-refractivity contribution in [2.75, 3.05) is 6.54 Å². The van der Waals surface area contributed by atoms with Gasteiger partial charge in [-0.25, -0.2) is 4.68 Å². The highest BCUT2D eigenvalue weighted by molar-refractivity contribution is 5.62. The standard InChI is InChI=1S/C18H19N3/c1-14-7-8-18(16(11-14)9-10-19)21-13-17(12-20-21)15-5-3-2-4-6-15/h2-8,11-13H,9-10,19H2,1H3. The first kappa shape index (κ1) is 13.6. The predicted octanol–water partition coefficient (Wildman–Crippen LogP) is 3.35. The Bertz CT molecular complexity index is 729. The fourth-order valence-corrected chi connectivity index (χ4v) is 2.53. The van der Waals surface area contributed by atoms with Crippen molar-refractivity contribution in [2.45, 2.75) is 13.3 Å². The maximum absolute atomic E-state index is 5.72. The van der Waals surface area contributed by atoms with Gasteiger partial charge in [-0.15, -0.1) is 0 Å². The normalized spacial score (nSPS) is 10.8. The lowest BCUT2D eigenvalue weighted by molar-refractivity contribution is 0.849. The Morgan fingerprint density at radius 2 is 1.86 bits per heavy atom. The van der Waals surface area contributed by atoms with Gasteiger partial charge in [-0.1, -0.05) is 48.0 Å². The highest BCUT2D eigenvalue weighted by atomic mass is 15.3. The molecule has 106 valence electrons. The fourth-order valence-electron chi connectivity index (χ4n) is 2.53. The fraction of sp³-hybridized carbons (Fsp3) is 0.167. The van der Waals surface area contributed by atoms with Crippen molar-refractivity contribution in [1.82, 2.24) is 9.78 Å². The SMILES string of the molecule is Cc1ccc(-n2cc(-c3ccccc3)cn2)c(CCN)c1.